The van der Waals surface area contributed by atoms with E-state index in [0.717, 1.165) is 44.1 Å². The van der Waals surface area contributed by atoms with Gasteiger partial charge in [-0.15, -0.1) is 0 Å². The number of carbonyl (C=O) groups excluding carboxylic acids is 1. The van der Waals surface area contributed by atoms with E-state index in [9.17, 15) is 26.7 Å². The van der Waals surface area contributed by atoms with Crippen molar-refractivity contribution in [3.8, 4) is 17.0 Å². The van der Waals surface area contributed by atoms with E-state index >= 15 is 0 Å². The van der Waals surface area contributed by atoms with Crippen LogP contribution in [0.5, 0.6) is 5.75 Å². The Bertz CT molecular complexity index is 1230. The van der Waals surface area contributed by atoms with Crippen molar-refractivity contribution in [1.29, 1.82) is 0 Å². The smallest absolute Gasteiger partial charge is 0.418 e. The molecule has 1 saturated heterocycles. The molecule has 3 heterocycles. The van der Waals surface area contributed by atoms with E-state index in [1.165, 1.54) is 18.5 Å². The van der Waals surface area contributed by atoms with Crippen LogP contribution in [0.2, 0.25) is 0 Å². The number of anilines is 2. The van der Waals surface area contributed by atoms with Crippen LogP contribution < -0.4 is 21.1 Å². The average Bonchev–Trinajstić information content (AvgIpc) is 2.81. The molecule has 4 N–H and O–H groups in total. The molecule has 0 spiro atoms. The molecule has 7 nitrogen and oxygen atoms in total. The van der Waals surface area contributed by atoms with Crippen molar-refractivity contribution in [1.82, 2.24) is 15.3 Å². The number of amides is 1. The first-order chi connectivity index (χ1) is 16.6. The first-order valence-corrected chi connectivity index (χ1v) is 10.6. The SMILES string of the molecule is Nc1cc(C(F)(F)F)c(-c2c(F)cccc2F)nc1C(=O)Nc1cnccc1OC1CCNCC1. The van der Waals surface area contributed by atoms with Gasteiger partial charge >= 0.3 is 6.18 Å². The third kappa shape index (κ3) is 5.32. The predicted octanol–water partition coefficient (Wildman–Crippen LogP) is 4.41. The monoisotopic (exact) mass is 493 g/mol. The summed E-state index contributed by atoms with van der Waals surface area (Å²) in [6.45, 7) is 1.53. The van der Waals surface area contributed by atoms with Crippen molar-refractivity contribution in [3.63, 3.8) is 0 Å². The molecule has 0 atom stereocenters. The zero-order valence-corrected chi connectivity index (χ0v) is 18.1. The van der Waals surface area contributed by atoms with Crippen LogP contribution in [0.1, 0.15) is 28.9 Å². The predicted molar refractivity (Wildman–Crippen MR) is 118 cm³/mol. The summed E-state index contributed by atoms with van der Waals surface area (Å²) in [7, 11) is 0. The second-order valence-electron chi connectivity index (χ2n) is 7.81. The third-order valence-corrected chi connectivity index (χ3v) is 5.38. The maximum atomic E-state index is 14.4. The number of nitrogens with one attached hydrogen (secondary N) is 2. The largest absolute Gasteiger partial charge is 0.488 e. The number of benzene rings is 1. The van der Waals surface area contributed by atoms with Crippen molar-refractivity contribution in [2.45, 2.75) is 25.1 Å². The Labute approximate surface area is 196 Å². The van der Waals surface area contributed by atoms with Crippen molar-refractivity contribution < 1.29 is 31.5 Å². The van der Waals surface area contributed by atoms with Crippen LogP contribution in [0.15, 0.2) is 42.7 Å². The number of nitrogen functional groups attached to an aromatic ring is 1. The summed E-state index contributed by atoms with van der Waals surface area (Å²) < 4.78 is 75.6. The van der Waals surface area contributed by atoms with E-state index in [2.05, 4.69) is 20.6 Å². The number of halogens is 5. The molecule has 1 aliphatic rings. The van der Waals surface area contributed by atoms with Gasteiger partial charge in [0.05, 0.1) is 28.7 Å². The van der Waals surface area contributed by atoms with Gasteiger partial charge in [-0.3, -0.25) is 9.78 Å². The summed E-state index contributed by atoms with van der Waals surface area (Å²) in [5, 5.41) is 5.67. The Kier molecular flexibility index (Phi) is 6.83. The molecule has 0 radical (unpaired) electrons. The number of carbonyl (C=O) groups is 1. The van der Waals surface area contributed by atoms with E-state index in [4.69, 9.17) is 10.5 Å². The van der Waals surface area contributed by atoms with Gasteiger partial charge in [-0.05, 0) is 44.1 Å². The van der Waals surface area contributed by atoms with Crippen molar-refractivity contribution in [2.24, 2.45) is 0 Å². The number of hydrogen-bond donors (Lipinski definition) is 3. The van der Waals surface area contributed by atoms with Crippen LogP contribution in [-0.2, 0) is 6.18 Å². The molecule has 0 aliphatic carbocycles. The summed E-state index contributed by atoms with van der Waals surface area (Å²) in [6.07, 6.45) is -0.929. The van der Waals surface area contributed by atoms with Crippen LogP contribution in [0.3, 0.4) is 0 Å². The summed E-state index contributed by atoms with van der Waals surface area (Å²) in [5.41, 5.74) is 0.987. The second kappa shape index (κ2) is 9.82. The number of alkyl halides is 3. The second-order valence-corrected chi connectivity index (χ2v) is 7.81. The Morgan fingerprint density at radius 2 is 1.83 bits per heavy atom. The van der Waals surface area contributed by atoms with Gasteiger partial charge in [0.15, 0.2) is 5.69 Å². The third-order valence-electron chi connectivity index (χ3n) is 5.38. The highest BCUT2D eigenvalue weighted by atomic mass is 19.4. The number of nitrogens with zero attached hydrogens (tertiary/aromatic N) is 2. The number of nitrogens with two attached hydrogens (primary N) is 1. The Morgan fingerprint density at radius 3 is 2.49 bits per heavy atom. The minimum atomic E-state index is -5.04. The highest BCUT2D eigenvalue weighted by Gasteiger charge is 2.37. The van der Waals surface area contributed by atoms with Gasteiger partial charge in [0, 0.05) is 12.3 Å². The van der Waals surface area contributed by atoms with Gasteiger partial charge in [-0.1, -0.05) is 6.07 Å². The zero-order chi connectivity index (χ0) is 25.2. The quantitative estimate of drug-likeness (QED) is 0.456. The van der Waals surface area contributed by atoms with E-state index in [1.807, 2.05) is 0 Å². The van der Waals surface area contributed by atoms with Crippen LogP contribution in [-0.4, -0.2) is 35.1 Å². The van der Waals surface area contributed by atoms with Gasteiger partial charge in [0.1, 0.15) is 29.2 Å². The van der Waals surface area contributed by atoms with Crippen LogP contribution in [0, 0.1) is 11.6 Å². The Balaban J connectivity index is 1.71. The van der Waals surface area contributed by atoms with E-state index in [1.54, 1.807) is 0 Å². The first kappa shape index (κ1) is 24.3. The van der Waals surface area contributed by atoms with E-state index < -0.39 is 51.9 Å². The lowest BCUT2D eigenvalue weighted by atomic mass is 10.0. The number of ether oxygens (including phenoxy) is 1. The molecule has 1 aromatic carbocycles. The minimum Gasteiger partial charge on any atom is -0.488 e. The maximum Gasteiger partial charge on any atom is 0.418 e. The molecule has 3 aromatic rings. The van der Waals surface area contributed by atoms with E-state index in [-0.39, 0.29) is 11.8 Å². The molecule has 1 aliphatic heterocycles. The lowest BCUT2D eigenvalue weighted by Gasteiger charge is -2.25. The molecule has 12 heteroatoms. The number of rotatable bonds is 5. The first-order valence-electron chi connectivity index (χ1n) is 10.6. The molecule has 4 rings (SSSR count). The lowest BCUT2D eigenvalue weighted by molar-refractivity contribution is -0.137. The lowest BCUT2D eigenvalue weighted by Crippen LogP contribution is -2.34. The fourth-order valence-corrected chi connectivity index (χ4v) is 3.69. The summed E-state index contributed by atoms with van der Waals surface area (Å²) in [5.74, 6) is -3.25. The fourth-order valence-electron chi connectivity index (χ4n) is 3.69. The van der Waals surface area contributed by atoms with Gasteiger partial charge in [-0.2, -0.15) is 13.2 Å². The fraction of sp³-hybridized carbons (Fsp3) is 0.261. The van der Waals surface area contributed by atoms with Crippen molar-refractivity contribution in [2.75, 3.05) is 24.1 Å². The molecule has 0 unspecified atom stereocenters. The molecule has 184 valence electrons. The van der Waals surface area contributed by atoms with Crippen LogP contribution in [0.4, 0.5) is 33.3 Å². The molecule has 0 bridgehead atoms. The normalized spacial score (nSPS) is 14.5. The number of pyridine rings is 2. The van der Waals surface area contributed by atoms with E-state index in [0.29, 0.717) is 11.8 Å². The minimum absolute atomic E-state index is 0.112. The number of piperidine rings is 1. The summed E-state index contributed by atoms with van der Waals surface area (Å²) in [6, 6.07) is 4.53. The summed E-state index contributed by atoms with van der Waals surface area (Å²) >= 11 is 0. The van der Waals surface area contributed by atoms with Crippen LogP contribution in [0.25, 0.3) is 11.3 Å². The van der Waals surface area contributed by atoms with Crippen molar-refractivity contribution in [3.05, 3.63) is 65.6 Å². The number of hydrogen-bond acceptors (Lipinski definition) is 6. The van der Waals surface area contributed by atoms with Crippen molar-refractivity contribution >= 4 is 17.3 Å². The maximum absolute atomic E-state index is 14.4. The standard InChI is InChI=1S/C23H20F5N5O2/c24-14-2-1-3-15(25)19(14)20-13(23(26,27)28)10-16(29)21(33-20)22(34)32-17-11-31-9-6-18(17)35-12-4-7-30-8-5-12/h1-3,6,9-12,30H,4-5,7-8,29H2,(H,32,34). The van der Waals surface area contributed by atoms with Gasteiger partial charge in [0.2, 0.25) is 0 Å². The Hall–Kier alpha value is -3.80. The van der Waals surface area contributed by atoms with Crippen LogP contribution >= 0.6 is 0 Å². The molecular formula is C23H20F5N5O2. The topological polar surface area (TPSA) is 102 Å². The molecule has 1 amide bonds. The average molecular weight is 493 g/mol. The molecule has 0 saturated carbocycles. The zero-order valence-electron chi connectivity index (χ0n) is 18.1. The molecule has 35 heavy (non-hydrogen) atoms. The highest BCUT2D eigenvalue weighted by molar-refractivity contribution is 6.07. The van der Waals surface area contributed by atoms with Gasteiger partial charge in [0.25, 0.3) is 5.91 Å². The van der Waals surface area contributed by atoms with Gasteiger partial charge < -0.3 is 21.1 Å². The molecule has 2 aromatic heterocycles. The molecular weight excluding hydrogens is 473 g/mol. The summed E-state index contributed by atoms with van der Waals surface area (Å²) in [4.78, 5) is 20.6. The molecule has 1 fully saturated rings. The Morgan fingerprint density at radius 1 is 1.14 bits per heavy atom. The number of aromatic nitrogens is 2. The highest BCUT2D eigenvalue weighted by Crippen LogP contribution is 2.39. The van der Waals surface area contributed by atoms with Gasteiger partial charge in [-0.25, -0.2) is 13.8 Å².